The smallest absolute Gasteiger partial charge is 0.269 e. The summed E-state index contributed by atoms with van der Waals surface area (Å²) in [5.41, 5.74) is 1.65. The van der Waals surface area contributed by atoms with Crippen LogP contribution < -0.4 is 5.32 Å². The van der Waals surface area contributed by atoms with E-state index in [4.69, 9.17) is 0 Å². The molecule has 9 heteroatoms. The molecule has 4 rings (SSSR count). The summed E-state index contributed by atoms with van der Waals surface area (Å²) in [5.74, 6) is 0.932. The molecule has 1 amide bonds. The van der Waals surface area contributed by atoms with E-state index in [1.54, 1.807) is 12.1 Å². The molecule has 0 aliphatic carbocycles. The number of likely N-dealkylation sites (tertiary alicyclic amines) is 1. The van der Waals surface area contributed by atoms with Gasteiger partial charge in [0, 0.05) is 43.5 Å². The maximum Gasteiger partial charge on any atom is 0.269 e. The quantitative estimate of drug-likeness (QED) is 0.375. The Balaban J connectivity index is 1.31. The Kier molecular flexibility index (Phi) is 5.37. The van der Waals surface area contributed by atoms with Crippen molar-refractivity contribution in [1.82, 2.24) is 19.5 Å². The molecule has 0 bridgehead atoms. The van der Waals surface area contributed by atoms with Gasteiger partial charge < -0.3 is 10.2 Å². The van der Waals surface area contributed by atoms with Gasteiger partial charge in [0.25, 0.3) is 5.69 Å². The Morgan fingerprint density at radius 2 is 2.03 bits per heavy atom. The van der Waals surface area contributed by atoms with Gasteiger partial charge in [-0.15, -0.1) is 10.2 Å². The highest BCUT2D eigenvalue weighted by Crippen LogP contribution is 2.31. The minimum absolute atomic E-state index is 0.0393. The molecule has 1 aliphatic heterocycles. The van der Waals surface area contributed by atoms with Gasteiger partial charge in [0.15, 0.2) is 11.5 Å². The van der Waals surface area contributed by atoms with Crippen molar-refractivity contribution in [2.24, 2.45) is 0 Å². The first-order chi connectivity index (χ1) is 14.1. The molecule has 0 spiro atoms. The van der Waals surface area contributed by atoms with E-state index in [1.807, 2.05) is 33.7 Å². The SMILES string of the molecule is O=C(CCCNc1ccc([N+](=O)[O-])cc1)N1CCCC1c1nnc2ccccn12. The average Bonchev–Trinajstić information content (AvgIpc) is 3.38. The van der Waals surface area contributed by atoms with Crippen molar-refractivity contribution in [2.75, 3.05) is 18.4 Å². The molecule has 0 saturated carbocycles. The standard InChI is InChI=1S/C20H22N6O3/c27-19(7-3-12-21-15-8-10-16(11-9-15)26(28)29)24-14-4-5-17(24)20-23-22-18-6-1-2-13-25(18)20/h1-2,6,8-11,13,17,21H,3-5,7,12,14H2. The van der Waals surface area contributed by atoms with Gasteiger partial charge >= 0.3 is 0 Å². The largest absolute Gasteiger partial charge is 0.385 e. The number of hydrogen-bond donors (Lipinski definition) is 1. The molecule has 29 heavy (non-hydrogen) atoms. The summed E-state index contributed by atoms with van der Waals surface area (Å²) >= 11 is 0. The van der Waals surface area contributed by atoms with Gasteiger partial charge in [-0.25, -0.2) is 0 Å². The fourth-order valence-electron chi connectivity index (χ4n) is 3.74. The lowest BCUT2D eigenvalue weighted by atomic mass is 10.2. The number of amides is 1. The van der Waals surface area contributed by atoms with Crippen LogP contribution in [0.25, 0.3) is 5.65 Å². The summed E-state index contributed by atoms with van der Waals surface area (Å²) in [6.45, 7) is 1.36. The highest BCUT2D eigenvalue weighted by Gasteiger charge is 2.32. The minimum Gasteiger partial charge on any atom is -0.385 e. The lowest BCUT2D eigenvalue weighted by Crippen LogP contribution is -2.31. The monoisotopic (exact) mass is 394 g/mol. The van der Waals surface area contributed by atoms with Crippen molar-refractivity contribution in [3.8, 4) is 0 Å². The normalized spacial score (nSPS) is 16.3. The van der Waals surface area contributed by atoms with E-state index in [0.717, 1.165) is 36.5 Å². The van der Waals surface area contributed by atoms with Crippen molar-refractivity contribution in [2.45, 2.75) is 31.7 Å². The number of anilines is 1. The lowest BCUT2D eigenvalue weighted by Gasteiger charge is -2.23. The van der Waals surface area contributed by atoms with E-state index < -0.39 is 4.92 Å². The highest BCUT2D eigenvalue weighted by molar-refractivity contribution is 5.77. The van der Waals surface area contributed by atoms with E-state index in [-0.39, 0.29) is 17.6 Å². The summed E-state index contributed by atoms with van der Waals surface area (Å²) in [5, 5.41) is 22.4. The molecule has 3 heterocycles. The maximum absolute atomic E-state index is 12.8. The molecule has 150 valence electrons. The van der Waals surface area contributed by atoms with Crippen molar-refractivity contribution in [1.29, 1.82) is 0 Å². The Hall–Kier alpha value is -3.49. The van der Waals surface area contributed by atoms with Crippen LogP contribution in [0, 0.1) is 10.1 Å². The van der Waals surface area contributed by atoms with Crippen LogP contribution >= 0.6 is 0 Å². The Bertz CT molecular complexity index is 1020. The molecule has 1 saturated heterocycles. The number of nitro benzene ring substituents is 1. The van der Waals surface area contributed by atoms with Crippen LogP contribution in [0.3, 0.4) is 0 Å². The third-order valence-electron chi connectivity index (χ3n) is 5.19. The summed E-state index contributed by atoms with van der Waals surface area (Å²) in [4.78, 5) is 25.0. The van der Waals surface area contributed by atoms with Crippen LogP contribution in [0.2, 0.25) is 0 Å². The van der Waals surface area contributed by atoms with E-state index >= 15 is 0 Å². The third kappa shape index (κ3) is 4.03. The van der Waals surface area contributed by atoms with E-state index in [9.17, 15) is 14.9 Å². The van der Waals surface area contributed by atoms with Gasteiger partial charge in [0.2, 0.25) is 5.91 Å². The molecule has 0 radical (unpaired) electrons. The Morgan fingerprint density at radius 1 is 1.21 bits per heavy atom. The fraction of sp³-hybridized carbons (Fsp3) is 0.350. The molecule has 1 aromatic carbocycles. The molecule has 1 atom stereocenters. The van der Waals surface area contributed by atoms with Crippen molar-refractivity contribution < 1.29 is 9.72 Å². The molecular weight excluding hydrogens is 372 g/mol. The van der Waals surface area contributed by atoms with Crippen LogP contribution in [0.1, 0.15) is 37.5 Å². The number of hydrogen-bond acceptors (Lipinski definition) is 6. The summed E-state index contributed by atoms with van der Waals surface area (Å²) in [6.07, 6.45) is 4.90. The Labute approximate surface area is 167 Å². The molecule has 1 fully saturated rings. The van der Waals surface area contributed by atoms with Gasteiger partial charge in [-0.05, 0) is 43.5 Å². The summed E-state index contributed by atoms with van der Waals surface area (Å²) < 4.78 is 1.95. The number of pyridine rings is 1. The molecule has 1 N–H and O–H groups in total. The topological polar surface area (TPSA) is 106 Å². The molecule has 2 aromatic heterocycles. The summed E-state index contributed by atoms with van der Waals surface area (Å²) in [7, 11) is 0. The number of nitro groups is 1. The molecule has 1 aliphatic rings. The average molecular weight is 394 g/mol. The number of nitrogens with zero attached hydrogens (tertiary/aromatic N) is 5. The number of fused-ring (bicyclic) bond motifs is 1. The van der Waals surface area contributed by atoms with E-state index in [1.165, 1.54) is 12.1 Å². The van der Waals surface area contributed by atoms with Crippen LogP contribution in [-0.4, -0.2) is 43.4 Å². The molecule has 1 unspecified atom stereocenters. The van der Waals surface area contributed by atoms with Crippen molar-refractivity contribution >= 4 is 22.9 Å². The van der Waals surface area contributed by atoms with Crippen LogP contribution in [0.5, 0.6) is 0 Å². The lowest BCUT2D eigenvalue weighted by molar-refractivity contribution is -0.384. The number of nitrogens with one attached hydrogen (secondary N) is 1. The van der Waals surface area contributed by atoms with E-state index in [0.29, 0.717) is 19.4 Å². The Morgan fingerprint density at radius 3 is 2.83 bits per heavy atom. The van der Waals surface area contributed by atoms with Crippen LogP contribution in [-0.2, 0) is 4.79 Å². The zero-order valence-electron chi connectivity index (χ0n) is 15.9. The van der Waals surface area contributed by atoms with Gasteiger partial charge in [-0.3, -0.25) is 19.3 Å². The fourth-order valence-corrected chi connectivity index (χ4v) is 3.74. The molecule has 3 aromatic rings. The van der Waals surface area contributed by atoms with Crippen LogP contribution in [0.15, 0.2) is 48.7 Å². The van der Waals surface area contributed by atoms with E-state index in [2.05, 4.69) is 15.5 Å². The zero-order chi connectivity index (χ0) is 20.2. The predicted octanol–water partition coefficient (Wildman–Crippen LogP) is 3.19. The predicted molar refractivity (Wildman–Crippen MR) is 107 cm³/mol. The van der Waals surface area contributed by atoms with Gasteiger partial charge in [0.1, 0.15) is 0 Å². The number of carbonyl (C=O) groups is 1. The number of non-ortho nitro benzene ring substituents is 1. The number of aromatic nitrogens is 3. The number of benzene rings is 1. The molecular formula is C20H22N6O3. The second-order valence-corrected chi connectivity index (χ2v) is 7.07. The summed E-state index contributed by atoms with van der Waals surface area (Å²) in [6, 6.07) is 12.0. The first kappa shape index (κ1) is 18.9. The highest BCUT2D eigenvalue weighted by atomic mass is 16.6. The van der Waals surface area contributed by atoms with Gasteiger partial charge in [-0.2, -0.15) is 0 Å². The number of rotatable bonds is 7. The third-order valence-corrected chi connectivity index (χ3v) is 5.19. The molecule has 9 nitrogen and oxygen atoms in total. The van der Waals surface area contributed by atoms with Crippen molar-refractivity contribution in [3.63, 3.8) is 0 Å². The van der Waals surface area contributed by atoms with Crippen LogP contribution in [0.4, 0.5) is 11.4 Å². The van der Waals surface area contributed by atoms with Gasteiger partial charge in [0.05, 0.1) is 11.0 Å². The first-order valence-electron chi connectivity index (χ1n) is 9.71. The maximum atomic E-state index is 12.8. The first-order valence-corrected chi connectivity index (χ1v) is 9.71. The minimum atomic E-state index is -0.423. The second-order valence-electron chi connectivity index (χ2n) is 7.07. The van der Waals surface area contributed by atoms with Crippen molar-refractivity contribution in [3.05, 3.63) is 64.6 Å². The number of carbonyl (C=O) groups excluding carboxylic acids is 1. The zero-order valence-corrected chi connectivity index (χ0v) is 15.9. The van der Waals surface area contributed by atoms with Gasteiger partial charge in [-0.1, -0.05) is 6.07 Å². The second kappa shape index (κ2) is 8.26.